The van der Waals surface area contributed by atoms with E-state index in [0.29, 0.717) is 44.0 Å². The molecule has 0 aliphatic carbocycles. The molecule has 0 aliphatic rings. The smallest absolute Gasteiger partial charge is 0.265 e. The Morgan fingerprint density at radius 3 is 0.929 bits per heavy atom. The third-order valence-corrected chi connectivity index (χ3v) is 11.4. The number of rotatable bonds is 4. The summed E-state index contributed by atoms with van der Waals surface area (Å²) in [6.07, 6.45) is 0. The number of aromatic nitrogens is 4. The molecule has 0 spiro atoms. The van der Waals surface area contributed by atoms with Crippen LogP contribution in [0.2, 0.25) is 0 Å². The second-order valence-electron chi connectivity index (χ2n) is 14.3. The van der Waals surface area contributed by atoms with E-state index >= 15 is 9.59 Å². The van der Waals surface area contributed by atoms with Gasteiger partial charge in [0.2, 0.25) is 0 Å². The lowest BCUT2D eigenvalue weighted by atomic mass is 9.79. The Hall–Kier alpha value is -7.70. The zero-order chi connectivity index (χ0) is 37.1. The van der Waals surface area contributed by atoms with Gasteiger partial charge >= 0.3 is 0 Å². The van der Waals surface area contributed by atoms with Gasteiger partial charge in [-0.05, 0) is 46.5 Å². The molecule has 0 radical (unpaired) electrons. The van der Waals surface area contributed by atoms with Gasteiger partial charge in [0.15, 0.2) is 0 Å². The lowest BCUT2D eigenvalue weighted by molar-refractivity contribution is 1.18. The molecule has 0 fully saturated rings. The van der Waals surface area contributed by atoms with E-state index in [4.69, 9.17) is 9.97 Å². The molecule has 8 aromatic carbocycles. The Morgan fingerprint density at radius 2 is 0.589 bits per heavy atom. The van der Waals surface area contributed by atoms with Gasteiger partial charge < -0.3 is 0 Å². The van der Waals surface area contributed by atoms with Crippen molar-refractivity contribution in [1.82, 2.24) is 18.8 Å². The molecular formula is C50H28N4O2. The van der Waals surface area contributed by atoms with Crippen molar-refractivity contribution < 1.29 is 0 Å². The summed E-state index contributed by atoms with van der Waals surface area (Å²) < 4.78 is 3.58. The van der Waals surface area contributed by atoms with Crippen LogP contribution in [0, 0.1) is 0 Å². The zero-order valence-electron chi connectivity index (χ0n) is 29.8. The van der Waals surface area contributed by atoms with E-state index in [2.05, 4.69) is 24.3 Å². The maximum absolute atomic E-state index is 15.8. The van der Waals surface area contributed by atoms with Gasteiger partial charge in [0.1, 0.15) is 11.3 Å². The van der Waals surface area contributed by atoms with Crippen molar-refractivity contribution in [3.8, 4) is 44.5 Å². The van der Waals surface area contributed by atoms with Crippen LogP contribution in [0.15, 0.2) is 179 Å². The van der Waals surface area contributed by atoms with Crippen LogP contribution < -0.4 is 11.1 Å². The van der Waals surface area contributed by atoms with Crippen molar-refractivity contribution in [2.24, 2.45) is 0 Å². The third kappa shape index (κ3) is 3.99. The molecule has 0 unspecified atom stereocenters. The van der Waals surface area contributed by atoms with Crippen molar-refractivity contribution >= 4 is 65.7 Å². The highest BCUT2D eigenvalue weighted by molar-refractivity contribution is 6.39. The van der Waals surface area contributed by atoms with Crippen LogP contribution in [0.3, 0.4) is 0 Å². The summed E-state index contributed by atoms with van der Waals surface area (Å²) in [7, 11) is 0. The van der Waals surface area contributed by atoms with Gasteiger partial charge in [-0.15, -0.1) is 0 Å². The second kappa shape index (κ2) is 11.4. The van der Waals surface area contributed by atoms with Crippen LogP contribution in [0.1, 0.15) is 0 Å². The Kier molecular flexibility index (Phi) is 6.26. The van der Waals surface area contributed by atoms with Crippen LogP contribution >= 0.6 is 0 Å². The highest BCUT2D eigenvalue weighted by Gasteiger charge is 2.33. The molecule has 0 aliphatic heterocycles. The lowest BCUT2D eigenvalue weighted by Gasteiger charge is -2.25. The molecule has 4 aromatic heterocycles. The van der Waals surface area contributed by atoms with E-state index < -0.39 is 0 Å². The van der Waals surface area contributed by atoms with Crippen LogP contribution in [-0.2, 0) is 0 Å². The summed E-state index contributed by atoms with van der Waals surface area (Å²) in [6.45, 7) is 0. The number of nitrogens with zero attached hydrogens (tertiary/aromatic N) is 4. The number of hydrogen-bond donors (Lipinski definition) is 0. The van der Waals surface area contributed by atoms with Gasteiger partial charge in [0, 0.05) is 43.8 Å². The Balaban J connectivity index is 1.55. The third-order valence-electron chi connectivity index (χ3n) is 11.4. The van der Waals surface area contributed by atoms with Crippen LogP contribution in [-0.4, -0.2) is 18.8 Å². The molecule has 12 aromatic rings. The average molecular weight is 717 g/mol. The van der Waals surface area contributed by atoms with Crippen molar-refractivity contribution in [3.05, 3.63) is 191 Å². The molecule has 0 saturated heterocycles. The minimum Gasteiger partial charge on any atom is -0.268 e. The van der Waals surface area contributed by atoms with E-state index in [1.165, 1.54) is 0 Å². The summed E-state index contributed by atoms with van der Waals surface area (Å²) in [6, 6.07) is 56.4. The van der Waals surface area contributed by atoms with Crippen LogP contribution in [0.5, 0.6) is 0 Å². The molecular weight excluding hydrogens is 689 g/mol. The Labute approximate surface area is 318 Å². The van der Waals surface area contributed by atoms with Crippen LogP contribution in [0.25, 0.3) is 110 Å². The number of hydrogen-bond acceptors (Lipinski definition) is 4. The van der Waals surface area contributed by atoms with Crippen molar-refractivity contribution in [2.45, 2.75) is 0 Å². The number of fused-ring (bicyclic) bond motifs is 8. The number of benzene rings is 8. The van der Waals surface area contributed by atoms with Gasteiger partial charge in [0.25, 0.3) is 11.1 Å². The molecule has 0 saturated carbocycles. The lowest BCUT2D eigenvalue weighted by Crippen LogP contribution is -2.19. The highest BCUT2D eigenvalue weighted by atomic mass is 16.1. The first-order chi connectivity index (χ1) is 27.7. The molecule has 6 heteroatoms. The number of para-hydroxylation sites is 4. The molecule has 0 amide bonds. The van der Waals surface area contributed by atoms with Gasteiger partial charge in [0.05, 0.1) is 32.8 Å². The number of imidazole rings is 2. The van der Waals surface area contributed by atoms with Crippen molar-refractivity contribution in [1.29, 1.82) is 0 Å². The Morgan fingerprint density at radius 1 is 0.304 bits per heavy atom. The predicted molar refractivity (Wildman–Crippen MR) is 228 cm³/mol. The topological polar surface area (TPSA) is 68.7 Å². The minimum atomic E-state index is -0.187. The summed E-state index contributed by atoms with van der Waals surface area (Å²) in [5.74, 6) is 0. The summed E-state index contributed by atoms with van der Waals surface area (Å²) >= 11 is 0. The maximum Gasteiger partial charge on any atom is 0.265 e. The molecule has 0 atom stereocenters. The normalized spacial score (nSPS) is 12.1. The largest absolute Gasteiger partial charge is 0.268 e. The van der Waals surface area contributed by atoms with Crippen molar-refractivity contribution in [3.63, 3.8) is 0 Å². The Bertz CT molecular complexity index is 3410. The SMILES string of the molecule is O=c1c2c(-c3ccccc3)c(-c3ccccc3)c3c(=O)n4c5ccccc5nc4c4c(-c5ccccc5)c(-c5ccccc5)c(c2c34)c2nc3ccccc3n12. The van der Waals surface area contributed by atoms with E-state index in [9.17, 15) is 0 Å². The maximum atomic E-state index is 15.8. The summed E-state index contributed by atoms with van der Waals surface area (Å²) in [5, 5.41) is 4.13. The molecule has 56 heavy (non-hydrogen) atoms. The monoisotopic (exact) mass is 716 g/mol. The fourth-order valence-corrected chi connectivity index (χ4v) is 9.22. The minimum absolute atomic E-state index is 0.187. The summed E-state index contributed by atoms with van der Waals surface area (Å²) in [5.41, 5.74) is 10.5. The molecule has 0 N–H and O–H groups in total. The first kappa shape index (κ1) is 30.7. The van der Waals surface area contributed by atoms with Crippen LogP contribution in [0.4, 0.5) is 0 Å². The predicted octanol–water partition coefficient (Wildman–Crippen LogP) is 11.0. The highest BCUT2D eigenvalue weighted by Crippen LogP contribution is 2.53. The molecule has 260 valence electrons. The van der Waals surface area contributed by atoms with Gasteiger partial charge in [-0.1, -0.05) is 146 Å². The van der Waals surface area contributed by atoms with Gasteiger partial charge in [-0.25, -0.2) is 9.97 Å². The molecule has 0 bridgehead atoms. The fourth-order valence-electron chi connectivity index (χ4n) is 9.22. The molecule has 12 rings (SSSR count). The standard InChI is InChI=1S/C50H28N4O2/c55-49-45-39(31-21-9-3-10-22-31)40(32-23-11-4-12-24-32)46-42-41(45)43(47-51-33-25-13-15-27-35(33)53(47)49)37(29-17-5-1-6-18-29)38(30-19-7-2-8-20-30)44(42)48-52-34-26-14-16-28-36(34)54(48)50(46)56/h1-28H. The quantitative estimate of drug-likeness (QED) is 0.170. The van der Waals surface area contributed by atoms with Crippen molar-refractivity contribution in [2.75, 3.05) is 0 Å². The summed E-state index contributed by atoms with van der Waals surface area (Å²) in [4.78, 5) is 42.1. The van der Waals surface area contributed by atoms with E-state index in [1.807, 2.05) is 146 Å². The van der Waals surface area contributed by atoms with E-state index in [0.717, 1.165) is 66.2 Å². The average Bonchev–Trinajstić information content (AvgIpc) is 3.85. The first-order valence-corrected chi connectivity index (χ1v) is 18.7. The first-order valence-electron chi connectivity index (χ1n) is 18.7. The second-order valence-corrected chi connectivity index (χ2v) is 14.3. The fraction of sp³-hybridized carbons (Fsp3) is 0. The van der Waals surface area contributed by atoms with Gasteiger partial charge in [-0.2, -0.15) is 0 Å². The molecule has 6 nitrogen and oxygen atoms in total. The zero-order valence-corrected chi connectivity index (χ0v) is 29.8. The molecule has 4 heterocycles. The van der Waals surface area contributed by atoms with E-state index in [1.54, 1.807) is 8.80 Å². The number of pyridine rings is 2. The van der Waals surface area contributed by atoms with Gasteiger partial charge in [-0.3, -0.25) is 18.4 Å². The van der Waals surface area contributed by atoms with E-state index in [-0.39, 0.29) is 11.1 Å².